The van der Waals surface area contributed by atoms with Crippen molar-refractivity contribution in [3.8, 4) is 0 Å². The molecule has 120 valence electrons. The molecule has 1 saturated carbocycles. The van der Waals surface area contributed by atoms with Crippen molar-refractivity contribution in [3.63, 3.8) is 0 Å². The maximum Gasteiger partial charge on any atom is 0.241 e. The van der Waals surface area contributed by atoms with Crippen LogP contribution in [0.1, 0.15) is 55.7 Å². The molecular weight excluding hydrogens is 304 g/mol. The zero-order valence-electron chi connectivity index (χ0n) is 13.1. The quantitative estimate of drug-likeness (QED) is 0.842. The average Bonchev–Trinajstić information content (AvgIpc) is 2.79. The lowest BCUT2D eigenvalue weighted by atomic mass is 9.96. The summed E-state index contributed by atoms with van der Waals surface area (Å²) in [6, 6.07) is 2.33. The summed E-state index contributed by atoms with van der Waals surface area (Å²) in [5.74, 6) is 0. The average molecular weight is 331 g/mol. The molecule has 1 aromatic heterocycles. The van der Waals surface area contributed by atoms with Crippen molar-refractivity contribution in [2.24, 2.45) is 0 Å². The van der Waals surface area contributed by atoms with E-state index in [1.807, 2.05) is 13.0 Å². The van der Waals surface area contributed by atoms with Gasteiger partial charge in [0.25, 0.3) is 0 Å². The van der Waals surface area contributed by atoms with Crippen molar-refractivity contribution in [2.45, 2.75) is 76.4 Å². The number of rotatable bonds is 6. The highest BCUT2D eigenvalue weighted by molar-refractivity contribution is 7.89. The molecule has 2 rings (SSSR count). The van der Waals surface area contributed by atoms with E-state index in [1.54, 1.807) is 11.3 Å². The van der Waals surface area contributed by atoms with Crippen LogP contribution in [0, 0.1) is 6.92 Å². The van der Waals surface area contributed by atoms with Gasteiger partial charge in [0.2, 0.25) is 10.0 Å². The normalized spacial score (nSPS) is 17.5. The molecule has 21 heavy (non-hydrogen) atoms. The number of sulfonamides is 1. The fourth-order valence-corrected chi connectivity index (χ4v) is 5.58. The van der Waals surface area contributed by atoms with Crippen molar-refractivity contribution >= 4 is 21.4 Å². The summed E-state index contributed by atoms with van der Waals surface area (Å²) in [6.07, 6.45) is 5.40. The van der Waals surface area contributed by atoms with Crippen LogP contribution in [0.15, 0.2) is 11.0 Å². The molecule has 0 saturated heterocycles. The molecule has 0 aromatic carbocycles. The summed E-state index contributed by atoms with van der Waals surface area (Å²) in [7, 11) is -3.38. The highest BCUT2D eigenvalue weighted by Gasteiger charge is 2.24. The van der Waals surface area contributed by atoms with Gasteiger partial charge in [-0.3, -0.25) is 0 Å². The molecule has 0 unspecified atom stereocenters. The summed E-state index contributed by atoms with van der Waals surface area (Å²) >= 11 is 1.56. The van der Waals surface area contributed by atoms with Crippen LogP contribution in [0.2, 0.25) is 0 Å². The van der Waals surface area contributed by atoms with E-state index in [4.69, 9.17) is 0 Å². The molecule has 0 spiro atoms. The SMILES string of the molecule is Cc1sc(CNC(C)C)cc1S(=O)(=O)NC1CCCCC1. The topological polar surface area (TPSA) is 58.2 Å². The van der Waals surface area contributed by atoms with E-state index in [1.165, 1.54) is 6.42 Å². The van der Waals surface area contributed by atoms with E-state index in [-0.39, 0.29) is 6.04 Å². The standard InChI is InChI=1S/C15H26N2O2S2/c1-11(2)16-10-14-9-15(12(3)20-14)21(18,19)17-13-7-5-4-6-8-13/h9,11,13,16-17H,4-8,10H2,1-3H3. The Bertz CT molecular complexity index is 558. The molecule has 0 atom stereocenters. The molecule has 0 bridgehead atoms. The van der Waals surface area contributed by atoms with Crippen LogP contribution in [-0.2, 0) is 16.6 Å². The predicted molar refractivity (Wildman–Crippen MR) is 88.2 cm³/mol. The fraction of sp³-hybridized carbons (Fsp3) is 0.733. The van der Waals surface area contributed by atoms with Gasteiger partial charge >= 0.3 is 0 Å². The minimum absolute atomic E-state index is 0.111. The molecule has 6 heteroatoms. The summed E-state index contributed by atoms with van der Waals surface area (Å²) in [5.41, 5.74) is 0. The minimum Gasteiger partial charge on any atom is -0.310 e. The smallest absolute Gasteiger partial charge is 0.241 e. The second-order valence-corrected chi connectivity index (χ2v) is 9.15. The number of nitrogens with one attached hydrogen (secondary N) is 2. The highest BCUT2D eigenvalue weighted by Crippen LogP contribution is 2.27. The number of thiophene rings is 1. The molecule has 0 amide bonds. The first-order valence-corrected chi connectivity index (χ1v) is 10.0. The fourth-order valence-electron chi connectivity index (χ4n) is 2.69. The molecule has 1 aliphatic rings. The van der Waals surface area contributed by atoms with E-state index in [0.717, 1.165) is 42.0 Å². The number of hydrogen-bond donors (Lipinski definition) is 2. The Balaban J connectivity index is 2.08. The van der Waals surface area contributed by atoms with E-state index >= 15 is 0 Å². The van der Waals surface area contributed by atoms with Gasteiger partial charge in [-0.1, -0.05) is 33.1 Å². The van der Waals surface area contributed by atoms with E-state index in [0.29, 0.717) is 10.9 Å². The lowest BCUT2D eigenvalue weighted by molar-refractivity contribution is 0.412. The largest absolute Gasteiger partial charge is 0.310 e. The van der Waals surface area contributed by atoms with Gasteiger partial charge in [0.1, 0.15) is 0 Å². The lowest BCUT2D eigenvalue weighted by Crippen LogP contribution is -2.36. The van der Waals surface area contributed by atoms with Crippen molar-refractivity contribution in [2.75, 3.05) is 0 Å². The zero-order valence-corrected chi connectivity index (χ0v) is 14.7. The van der Waals surface area contributed by atoms with Crippen LogP contribution in [0.25, 0.3) is 0 Å². The third-order valence-electron chi connectivity index (χ3n) is 3.82. The highest BCUT2D eigenvalue weighted by atomic mass is 32.2. The van der Waals surface area contributed by atoms with Gasteiger partial charge in [-0.05, 0) is 25.8 Å². The van der Waals surface area contributed by atoms with Crippen LogP contribution >= 0.6 is 11.3 Å². The molecule has 1 heterocycles. The van der Waals surface area contributed by atoms with E-state index in [2.05, 4.69) is 23.9 Å². The Hall–Kier alpha value is -0.430. The first-order valence-electron chi connectivity index (χ1n) is 7.73. The second-order valence-electron chi connectivity index (χ2n) is 6.12. The van der Waals surface area contributed by atoms with Crippen molar-refractivity contribution < 1.29 is 8.42 Å². The van der Waals surface area contributed by atoms with Crippen LogP contribution in [0.4, 0.5) is 0 Å². The zero-order chi connectivity index (χ0) is 15.5. The van der Waals surface area contributed by atoms with Crippen molar-refractivity contribution in [1.29, 1.82) is 0 Å². The Labute approximate surface area is 132 Å². The number of aryl methyl sites for hydroxylation is 1. The van der Waals surface area contributed by atoms with Gasteiger partial charge in [-0.25, -0.2) is 13.1 Å². The van der Waals surface area contributed by atoms with Crippen LogP contribution < -0.4 is 10.0 Å². The summed E-state index contributed by atoms with van der Waals surface area (Å²) < 4.78 is 28.0. The first kappa shape index (κ1) is 16.9. The van der Waals surface area contributed by atoms with E-state index < -0.39 is 10.0 Å². The van der Waals surface area contributed by atoms with Gasteiger partial charge in [0.15, 0.2) is 0 Å². The molecule has 2 N–H and O–H groups in total. The Morgan fingerprint density at radius 2 is 1.95 bits per heavy atom. The Morgan fingerprint density at radius 1 is 1.29 bits per heavy atom. The second kappa shape index (κ2) is 7.22. The minimum atomic E-state index is -3.38. The van der Waals surface area contributed by atoms with Gasteiger partial charge in [-0.15, -0.1) is 11.3 Å². The third kappa shape index (κ3) is 4.77. The number of hydrogen-bond acceptors (Lipinski definition) is 4. The van der Waals surface area contributed by atoms with E-state index in [9.17, 15) is 8.42 Å². The molecule has 4 nitrogen and oxygen atoms in total. The van der Waals surface area contributed by atoms with Gasteiger partial charge < -0.3 is 5.32 Å². The molecule has 0 aliphatic heterocycles. The summed E-state index contributed by atoms with van der Waals surface area (Å²) in [4.78, 5) is 2.41. The maximum atomic E-state index is 12.5. The van der Waals surface area contributed by atoms with Gasteiger partial charge in [-0.2, -0.15) is 0 Å². The molecule has 1 aromatic rings. The summed E-state index contributed by atoms with van der Waals surface area (Å²) in [6.45, 7) is 6.78. The Morgan fingerprint density at radius 3 is 2.57 bits per heavy atom. The first-order chi connectivity index (χ1) is 9.88. The Kier molecular flexibility index (Phi) is 5.82. The van der Waals surface area contributed by atoms with Crippen molar-refractivity contribution in [3.05, 3.63) is 15.8 Å². The molecular formula is C15H26N2O2S2. The van der Waals surface area contributed by atoms with Crippen LogP contribution in [0.5, 0.6) is 0 Å². The molecule has 1 fully saturated rings. The molecule has 0 radical (unpaired) electrons. The van der Waals surface area contributed by atoms with Gasteiger partial charge in [0.05, 0.1) is 4.90 Å². The predicted octanol–water partition coefficient (Wildman–Crippen LogP) is 3.17. The maximum absolute atomic E-state index is 12.5. The third-order valence-corrected chi connectivity index (χ3v) is 6.65. The summed E-state index contributed by atoms with van der Waals surface area (Å²) in [5, 5.41) is 3.33. The van der Waals surface area contributed by atoms with Crippen LogP contribution in [-0.4, -0.2) is 20.5 Å². The molecule has 1 aliphatic carbocycles. The monoisotopic (exact) mass is 330 g/mol. The van der Waals surface area contributed by atoms with Crippen molar-refractivity contribution in [1.82, 2.24) is 10.0 Å². The van der Waals surface area contributed by atoms with Gasteiger partial charge in [0, 0.05) is 28.4 Å². The van der Waals surface area contributed by atoms with Crippen LogP contribution in [0.3, 0.4) is 0 Å². The lowest BCUT2D eigenvalue weighted by Gasteiger charge is -2.22.